The fourth-order valence-electron chi connectivity index (χ4n) is 1.10. The van der Waals surface area contributed by atoms with Gasteiger partial charge in [-0.3, -0.25) is 0 Å². The second kappa shape index (κ2) is 4.85. The monoisotopic (exact) mass is 317 g/mol. The summed E-state index contributed by atoms with van der Waals surface area (Å²) in [5.41, 5.74) is 5.76. The summed E-state index contributed by atoms with van der Waals surface area (Å²) in [5, 5.41) is -0.0235. The van der Waals surface area contributed by atoms with Gasteiger partial charge in [-0.25, -0.2) is 9.37 Å². The van der Waals surface area contributed by atoms with E-state index in [0.717, 1.165) is 0 Å². The minimum atomic E-state index is -0.526. The molecule has 0 unspecified atom stereocenters. The zero-order chi connectivity index (χ0) is 12.4. The Morgan fingerprint density at radius 2 is 2.18 bits per heavy atom. The van der Waals surface area contributed by atoms with Gasteiger partial charge in [0.05, 0.1) is 6.20 Å². The highest BCUT2D eigenvalue weighted by atomic mass is 79.9. The maximum Gasteiger partial charge on any atom is 0.247 e. The molecule has 7 heteroatoms. The summed E-state index contributed by atoms with van der Waals surface area (Å²) in [4.78, 5) is 7.43. The molecule has 0 spiro atoms. The molecule has 17 heavy (non-hydrogen) atoms. The van der Waals surface area contributed by atoms with E-state index >= 15 is 0 Å². The van der Waals surface area contributed by atoms with E-state index in [0.29, 0.717) is 4.47 Å². The smallest absolute Gasteiger partial charge is 0.247 e. The Bertz CT molecular complexity index is 518. The van der Waals surface area contributed by atoms with Gasteiger partial charge in [-0.05, 0) is 29.8 Å². The van der Waals surface area contributed by atoms with Crippen molar-refractivity contribution in [2.75, 3.05) is 5.73 Å². The van der Waals surface area contributed by atoms with Gasteiger partial charge in [0.2, 0.25) is 11.2 Å². The second-order valence-electron chi connectivity index (χ2n) is 3.08. The summed E-state index contributed by atoms with van der Waals surface area (Å²) in [5.74, 6) is -0.509. The lowest BCUT2D eigenvalue weighted by atomic mass is 10.3. The minimum Gasteiger partial charge on any atom is -0.434 e. The molecule has 0 aliphatic rings. The van der Waals surface area contributed by atoms with Crippen LogP contribution in [0.4, 0.5) is 10.1 Å². The average molecular weight is 319 g/mol. The molecule has 0 aliphatic carbocycles. The number of hydrogen-bond donors (Lipinski definition) is 1. The highest BCUT2D eigenvalue weighted by Gasteiger charge is 2.10. The lowest BCUT2D eigenvalue weighted by Crippen LogP contribution is -1.98. The number of aromatic nitrogens is 2. The number of rotatable bonds is 2. The summed E-state index contributed by atoms with van der Waals surface area (Å²) < 4.78 is 19.3. The molecule has 1 aromatic carbocycles. The lowest BCUT2D eigenvalue weighted by molar-refractivity contribution is 0.428. The average Bonchev–Trinajstić information content (AvgIpc) is 2.28. The van der Waals surface area contributed by atoms with Gasteiger partial charge >= 0.3 is 0 Å². The van der Waals surface area contributed by atoms with Crippen LogP contribution < -0.4 is 10.5 Å². The molecule has 0 aliphatic heterocycles. The normalized spacial score (nSPS) is 10.3. The molecule has 0 atom stereocenters. The Balaban J connectivity index is 2.37. The largest absolute Gasteiger partial charge is 0.434 e. The predicted molar refractivity (Wildman–Crippen MR) is 65.6 cm³/mol. The molecular weight excluding hydrogens is 312 g/mol. The first-order chi connectivity index (χ1) is 8.06. The molecule has 2 aromatic rings. The molecule has 0 saturated carbocycles. The molecule has 0 saturated heterocycles. The van der Waals surface area contributed by atoms with Crippen molar-refractivity contribution >= 4 is 33.2 Å². The van der Waals surface area contributed by atoms with E-state index in [1.165, 1.54) is 18.3 Å². The van der Waals surface area contributed by atoms with Crippen molar-refractivity contribution in [3.05, 3.63) is 40.0 Å². The number of hydrogen-bond acceptors (Lipinski definition) is 4. The molecule has 88 valence electrons. The van der Waals surface area contributed by atoms with E-state index in [1.54, 1.807) is 6.07 Å². The standard InChI is InChI=1S/C10H6BrClFN3O/c11-5-1-2-6(13)8(3-5)17-9-7(14)4-15-10(12)16-9/h1-4H,14H2. The molecule has 0 bridgehead atoms. The van der Waals surface area contributed by atoms with Crippen LogP contribution in [0.5, 0.6) is 11.6 Å². The van der Waals surface area contributed by atoms with Crippen LogP contribution >= 0.6 is 27.5 Å². The lowest BCUT2D eigenvalue weighted by Gasteiger charge is -2.08. The van der Waals surface area contributed by atoms with Crippen LogP contribution in [-0.2, 0) is 0 Å². The maximum atomic E-state index is 13.4. The Labute approximate surface area is 110 Å². The molecular formula is C10H6BrClFN3O. The van der Waals surface area contributed by atoms with Gasteiger partial charge in [-0.1, -0.05) is 15.9 Å². The first-order valence-corrected chi connectivity index (χ1v) is 5.64. The topological polar surface area (TPSA) is 61.0 Å². The first-order valence-electron chi connectivity index (χ1n) is 4.47. The number of benzene rings is 1. The maximum absolute atomic E-state index is 13.4. The van der Waals surface area contributed by atoms with Gasteiger partial charge in [0.25, 0.3) is 0 Å². The van der Waals surface area contributed by atoms with Crippen molar-refractivity contribution in [1.29, 1.82) is 0 Å². The Morgan fingerprint density at radius 1 is 1.41 bits per heavy atom. The molecule has 1 heterocycles. The fraction of sp³-hybridized carbons (Fsp3) is 0. The number of ether oxygens (including phenoxy) is 1. The van der Waals surface area contributed by atoms with Crippen LogP contribution in [0.3, 0.4) is 0 Å². The van der Waals surface area contributed by atoms with E-state index in [2.05, 4.69) is 25.9 Å². The van der Waals surface area contributed by atoms with Crippen molar-refractivity contribution in [2.24, 2.45) is 0 Å². The summed E-state index contributed by atoms with van der Waals surface area (Å²) in [6.07, 6.45) is 1.29. The Hall–Kier alpha value is -1.40. The Kier molecular flexibility index (Phi) is 3.44. The number of nitrogens with two attached hydrogens (primary N) is 1. The first kappa shape index (κ1) is 12.1. The molecule has 0 radical (unpaired) electrons. The van der Waals surface area contributed by atoms with Crippen molar-refractivity contribution < 1.29 is 9.13 Å². The highest BCUT2D eigenvalue weighted by Crippen LogP contribution is 2.29. The van der Waals surface area contributed by atoms with E-state index in [9.17, 15) is 4.39 Å². The molecule has 0 fully saturated rings. The number of nitrogen functional groups attached to an aromatic ring is 1. The van der Waals surface area contributed by atoms with Gasteiger partial charge in [-0.15, -0.1) is 0 Å². The van der Waals surface area contributed by atoms with E-state index in [1.807, 2.05) is 0 Å². The van der Waals surface area contributed by atoms with Gasteiger partial charge < -0.3 is 10.5 Å². The van der Waals surface area contributed by atoms with Gasteiger partial charge in [-0.2, -0.15) is 4.98 Å². The number of anilines is 1. The summed E-state index contributed by atoms with van der Waals surface area (Å²) in [6.45, 7) is 0. The van der Waals surface area contributed by atoms with E-state index in [4.69, 9.17) is 22.1 Å². The molecule has 4 nitrogen and oxygen atoms in total. The minimum absolute atomic E-state index is 0.000779. The van der Waals surface area contributed by atoms with Crippen LogP contribution in [-0.4, -0.2) is 9.97 Å². The number of nitrogens with zero attached hydrogens (tertiary/aromatic N) is 2. The van der Waals surface area contributed by atoms with Gasteiger partial charge in [0, 0.05) is 4.47 Å². The predicted octanol–water partition coefficient (Wildman–Crippen LogP) is 3.41. The third kappa shape index (κ3) is 2.83. The summed E-state index contributed by atoms with van der Waals surface area (Å²) in [7, 11) is 0. The fourth-order valence-corrected chi connectivity index (χ4v) is 1.56. The summed E-state index contributed by atoms with van der Waals surface area (Å²) >= 11 is 8.80. The second-order valence-corrected chi connectivity index (χ2v) is 4.33. The Morgan fingerprint density at radius 3 is 2.94 bits per heavy atom. The molecule has 2 N–H and O–H groups in total. The van der Waals surface area contributed by atoms with Crippen LogP contribution in [0.2, 0.25) is 5.28 Å². The van der Waals surface area contributed by atoms with Crippen LogP contribution in [0.1, 0.15) is 0 Å². The molecule has 0 amide bonds. The van der Waals surface area contributed by atoms with E-state index < -0.39 is 5.82 Å². The van der Waals surface area contributed by atoms with E-state index in [-0.39, 0.29) is 22.6 Å². The van der Waals surface area contributed by atoms with Gasteiger partial charge in [0.15, 0.2) is 11.6 Å². The van der Waals surface area contributed by atoms with Crippen LogP contribution in [0.15, 0.2) is 28.9 Å². The van der Waals surface area contributed by atoms with Gasteiger partial charge in [0.1, 0.15) is 5.69 Å². The highest BCUT2D eigenvalue weighted by molar-refractivity contribution is 9.10. The van der Waals surface area contributed by atoms with Crippen molar-refractivity contribution in [2.45, 2.75) is 0 Å². The third-order valence-corrected chi connectivity index (χ3v) is 2.53. The van der Waals surface area contributed by atoms with Crippen molar-refractivity contribution in [1.82, 2.24) is 9.97 Å². The quantitative estimate of drug-likeness (QED) is 0.862. The zero-order valence-corrected chi connectivity index (χ0v) is 10.7. The van der Waals surface area contributed by atoms with Crippen LogP contribution in [0.25, 0.3) is 0 Å². The van der Waals surface area contributed by atoms with Crippen molar-refractivity contribution in [3.8, 4) is 11.6 Å². The number of halogens is 3. The molecule has 1 aromatic heterocycles. The summed E-state index contributed by atoms with van der Waals surface area (Å²) in [6, 6.07) is 4.28. The van der Waals surface area contributed by atoms with Crippen molar-refractivity contribution in [3.63, 3.8) is 0 Å². The third-order valence-electron chi connectivity index (χ3n) is 1.85. The SMILES string of the molecule is Nc1cnc(Cl)nc1Oc1cc(Br)ccc1F. The van der Waals surface area contributed by atoms with Crippen LogP contribution in [0, 0.1) is 5.82 Å². The molecule has 2 rings (SSSR count). The zero-order valence-electron chi connectivity index (χ0n) is 8.32.